The van der Waals surface area contributed by atoms with Crippen LogP contribution in [0.15, 0.2) is 48.5 Å². The Bertz CT molecular complexity index is 1110. The maximum absolute atomic E-state index is 13.1. The minimum atomic E-state index is -0.534. The fourth-order valence-corrected chi connectivity index (χ4v) is 4.43. The predicted octanol–water partition coefficient (Wildman–Crippen LogP) is 3.86. The standard InChI is InChI=1S/C27H31N3O5/c1-27(2,3)35-26(34)28-16-18-11-13-29(14-12-18)23(31)20-8-6-7-19(15-20)17-30-24(32)21-9-4-5-10-22(21)25(30)33/h4-10,15,18H,11-14,16-17H2,1-3H3,(H,28,34). The normalized spacial score (nSPS) is 16.3. The summed E-state index contributed by atoms with van der Waals surface area (Å²) in [5, 5.41) is 2.82. The van der Waals surface area contributed by atoms with Crippen LogP contribution < -0.4 is 5.32 Å². The lowest BCUT2D eigenvalue weighted by Crippen LogP contribution is -2.42. The quantitative estimate of drug-likeness (QED) is 0.660. The van der Waals surface area contributed by atoms with Crippen molar-refractivity contribution in [3.8, 4) is 0 Å². The van der Waals surface area contributed by atoms with Crippen molar-refractivity contribution in [3.05, 3.63) is 70.8 Å². The number of nitrogens with zero attached hydrogens (tertiary/aromatic N) is 2. The molecule has 2 aromatic carbocycles. The zero-order valence-electron chi connectivity index (χ0n) is 20.4. The van der Waals surface area contributed by atoms with Crippen molar-refractivity contribution in [1.29, 1.82) is 0 Å². The summed E-state index contributed by atoms with van der Waals surface area (Å²) in [6.07, 6.45) is 1.15. The summed E-state index contributed by atoms with van der Waals surface area (Å²) in [7, 11) is 0. The number of piperidine rings is 1. The number of imide groups is 1. The third-order valence-corrected chi connectivity index (χ3v) is 6.23. The van der Waals surface area contributed by atoms with E-state index in [2.05, 4.69) is 5.32 Å². The van der Waals surface area contributed by atoms with E-state index < -0.39 is 11.7 Å². The van der Waals surface area contributed by atoms with Gasteiger partial charge in [-0.3, -0.25) is 19.3 Å². The summed E-state index contributed by atoms with van der Waals surface area (Å²) in [4.78, 5) is 53.4. The molecule has 0 aliphatic carbocycles. The summed E-state index contributed by atoms with van der Waals surface area (Å²) in [6.45, 7) is 7.31. The number of amides is 4. The van der Waals surface area contributed by atoms with E-state index in [4.69, 9.17) is 4.74 Å². The molecule has 1 saturated heterocycles. The van der Waals surface area contributed by atoms with Crippen LogP contribution >= 0.6 is 0 Å². The van der Waals surface area contributed by atoms with E-state index in [9.17, 15) is 19.2 Å². The Balaban J connectivity index is 1.32. The molecule has 2 aliphatic rings. The molecule has 1 N–H and O–H groups in total. The molecule has 2 aromatic rings. The Kier molecular flexibility index (Phi) is 6.91. The van der Waals surface area contributed by atoms with Gasteiger partial charge in [-0.25, -0.2) is 4.79 Å². The largest absolute Gasteiger partial charge is 0.444 e. The number of likely N-dealkylation sites (tertiary alicyclic amines) is 1. The van der Waals surface area contributed by atoms with Gasteiger partial charge >= 0.3 is 6.09 Å². The first kappa shape index (κ1) is 24.4. The molecule has 0 spiro atoms. The van der Waals surface area contributed by atoms with Crippen molar-refractivity contribution in [2.75, 3.05) is 19.6 Å². The number of hydrogen-bond donors (Lipinski definition) is 1. The minimum absolute atomic E-state index is 0.0761. The van der Waals surface area contributed by atoms with Gasteiger partial charge in [-0.2, -0.15) is 0 Å². The molecule has 4 amide bonds. The number of carbonyl (C=O) groups is 4. The first-order valence-corrected chi connectivity index (χ1v) is 11.9. The molecule has 0 bridgehead atoms. The van der Waals surface area contributed by atoms with E-state index in [0.717, 1.165) is 18.4 Å². The third kappa shape index (κ3) is 5.70. The molecule has 0 unspecified atom stereocenters. The van der Waals surface area contributed by atoms with E-state index in [1.165, 1.54) is 4.90 Å². The monoisotopic (exact) mass is 477 g/mol. The highest BCUT2D eigenvalue weighted by Gasteiger charge is 2.35. The molecule has 0 atom stereocenters. The van der Waals surface area contributed by atoms with Gasteiger partial charge in [0.1, 0.15) is 5.60 Å². The number of fused-ring (bicyclic) bond motifs is 1. The zero-order valence-corrected chi connectivity index (χ0v) is 20.4. The number of alkyl carbamates (subject to hydrolysis) is 1. The summed E-state index contributed by atoms with van der Waals surface area (Å²) < 4.78 is 5.28. The maximum Gasteiger partial charge on any atom is 0.407 e. The van der Waals surface area contributed by atoms with Crippen LogP contribution in [0.3, 0.4) is 0 Å². The van der Waals surface area contributed by atoms with E-state index in [1.807, 2.05) is 31.7 Å². The lowest BCUT2D eigenvalue weighted by molar-refractivity contribution is 0.0499. The molecule has 4 rings (SSSR count). The predicted molar refractivity (Wildman–Crippen MR) is 130 cm³/mol. The molecule has 0 radical (unpaired) electrons. The van der Waals surface area contributed by atoms with Crippen molar-refractivity contribution < 1.29 is 23.9 Å². The molecule has 1 fully saturated rings. The fraction of sp³-hybridized carbons (Fsp3) is 0.407. The third-order valence-electron chi connectivity index (χ3n) is 6.23. The highest BCUT2D eigenvalue weighted by atomic mass is 16.6. The Morgan fingerprint density at radius 2 is 1.60 bits per heavy atom. The summed E-state index contributed by atoms with van der Waals surface area (Å²) in [6, 6.07) is 13.9. The summed E-state index contributed by atoms with van der Waals surface area (Å²) in [5.74, 6) is -0.423. The zero-order chi connectivity index (χ0) is 25.2. The highest BCUT2D eigenvalue weighted by molar-refractivity contribution is 6.21. The van der Waals surface area contributed by atoms with Gasteiger partial charge in [0.05, 0.1) is 17.7 Å². The molecule has 8 nitrogen and oxygen atoms in total. The second-order valence-corrected chi connectivity index (χ2v) is 10.1. The number of ether oxygens (including phenoxy) is 1. The van der Waals surface area contributed by atoms with Gasteiger partial charge in [-0.1, -0.05) is 24.3 Å². The highest BCUT2D eigenvalue weighted by Crippen LogP contribution is 2.25. The van der Waals surface area contributed by atoms with Crippen LogP contribution in [0.25, 0.3) is 0 Å². The van der Waals surface area contributed by atoms with Gasteiger partial charge in [0.15, 0.2) is 0 Å². The number of carbonyl (C=O) groups excluding carboxylic acids is 4. The summed E-state index contributed by atoms with van der Waals surface area (Å²) in [5.41, 5.74) is 1.54. The lowest BCUT2D eigenvalue weighted by Gasteiger charge is -2.32. The second-order valence-electron chi connectivity index (χ2n) is 10.1. The maximum atomic E-state index is 13.1. The Hall–Kier alpha value is -3.68. The number of benzene rings is 2. The van der Waals surface area contributed by atoms with Gasteiger partial charge in [0.2, 0.25) is 0 Å². The smallest absolute Gasteiger partial charge is 0.407 e. The molecular formula is C27H31N3O5. The molecule has 2 heterocycles. The van der Waals surface area contributed by atoms with E-state index in [-0.39, 0.29) is 30.2 Å². The SMILES string of the molecule is CC(C)(C)OC(=O)NCC1CCN(C(=O)c2cccc(CN3C(=O)c4ccccc4C3=O)c2)CC1. The Labute approximate surface area is 205 Å². The molecule has 0 aromatic heterocycles. The van der Waals surface area contributed by atoms with E-state index in [0.29, 0.717) is 36.3 Å². The van der Waals surface area contributed by atoms with Crippen LogP contribution in [0.4, 0.5) is 4.79 Å². The summed E-state index contributed by atoms with van der Waals surface area (Å²) >= 11 is 0. The van der Waals surface area contributed by atoms with Gasteiger partial charge in [-0.05, 0) is 69.4 Å². The molecule has 35 heavy (non-hydrogen) atoms. The van der Waals surface area contributed by atoms with Crippen molar-refractivity contribution in [1.82, 2.24) is 15.1 Å². The molecule has 2 aliphatic heterocycles. The Morgan fingerprint density at radius 1 is 0.971 bits per heavy atom. The van der Waals surface area contributed by atoms with E-state index >= 15 is 0 Å². The van der Waals surface area contributed by atoms with Crippen LogP contribution in [-0.2, 0) is 11.3 Å². The van der Waals surface area contributed by atoms with Gasteiger partial charge < -0.3 is 15.0 Å². The van der Waals surface area contributed by atoms with E-state index in [1.54, 1.807) is 42.5 Å². The fourth-order valence-electron chi connectivity index (χ4n) is 4.43. The lowest BCUT2D eigenvalue weighted by atomic mass is 9.96. The average molecular weight is 478 g/mol. The van der Waals surface area contributed by atoms with Crippen LogP contribution in [-0.4, -0.2) is 58.8 Å². The van der Waals surface area contributed by atoms with Crippen molar-refractivity contribution in [3.63, 3.8) is 0 Å². The number of hydrogen-bond acceptors (Lipinski definition) is 5. The molecule has 8 heteroatoms. The average Bonchev–Trinajstić information content (AvgIpc) is 3.07. The van der Waals surface area contributed by atoms with Crippen molar-refractivity contribution >= 4 is 23.8 Å². The van der Waals surface area contributed by atoms with Crippen molar-refractivity contribution in [2.24, 2.45) is 5.92 Å². The molecule has 0 saturated carbocycles. The topological polar surface area (TPSA) is 96.0 Å². The van der Waals surface area contributed by atoms with Crippen LogP contribution in [0.5, 0.6) is 0 Å². The first-order chi connectivity index (χ1) is 16.6. The van der Waals surface area contributed by atoms with Crippen LogP contribution in [0, 0.1) is 5.92 Å². The van der Waals surface area contributed by atoms with Crippen LogP contribution in [0.1, 0.15) is 70.3 Å². The number of nitrogens with one attached hydrogen (secondary N) is 1. The minimum Gasteiger partial charge on any atom is -0.444 e. The number of rotatable bonds is 5. The first-order valence-electron chi connectivity index (χ1n) is 11.9. The molecule has 184 valence electrons. The second kappa shape index (κ2) is 9.90. The van der Waals surface area contributed by atoms with Gasteiger partial charge in [0, 0.05) is 25.2 Å². The van der Waals surface area contributed by atoms with Crippen LogP contribution in [0.2, 0.25) is 0 Å². The Morgan fingerprint density at radius 3 is 2.20 bits per heavy atom. The molecular weight excluding hydrogens is 446 g/mol. The van der Waals surface area contributed by atoms with Gasteiger partial charge in [0.25, 0.3) is 17.7 Å². The van der Waals surface area contributed by atoms with Gasteiger partial charge in [-0.15, -0.1) is 0 Å². The van der Waals surface area contributed by atoms with Crippen molar-refractivity contribution in [2.45, 2.75) is 45.8 Å².